The molecule has 8 heavy (non-hydrogen) atoms. The normalized spacial score (nSPS) is 10.4. The fourth-order valence-corrected chi connectivity index (χ4v) is 0.463. The lowest BCUT2D eigenvalue weighted by atomic mass is 10.4. The number of aromatic amines is 1. The van der Waals surface area contributed by atoms with E-state index in [1.54, 1.807) is 19.3 Å². The summed E-state index contributed by atoms with van der Waals surface area (Å²) in [5.74, 6) is 0.532. The van der Waals surface area contributed by atoms with Crippen LogP contribution >= 0.6 is 0 Å². The fraction of sp³-hybridized carbons (Fsp3) is 0.200. The summed E-state index contributed by atoms with van der Waals surface area (Å²) in [7, 11) is 0. The third kappa shape index (κ3) is 0.869. The molecule has 43 valence electrons. The van der Waals surface area contributed by atoms with Gasteiger partial charge in [-0.3, -0.25) is 0 Å². The van der Waals surface area contributed by atoms with Gasteiger partial charge in [-0.1, -0.05) is 0 Å². The Hall–Kier alpha value is -0.830. The number of nitrogens with zero attached hydrogens (tertiary/aromatic N) is 1. The second-order valence-corrected chi connectivity index (χ2v) is 1.52. The molecule has 0 aromatic carbocycles. The predicted octanol–water partition coefficient (Wildman–Crippen LogP) is 0.682. The molecule has 0 unspecified atom stereocenters. The molecular weight excluding hydrogens is 104 g/mol. The van der Waals surface area contributed by atoms with Gasteiger partial charge in [0.1, 0.15) is 5.82 Å². The Morgan fingerprint density at radius 2 is 2.62 bits per heavy atom. The smallest absolute Gasteiger partial charge is 0.155 e. The molecule has 2 N–H and O–H groups in total. The highest BCUT2D eigenvalue weighted by atomic mass is 16.3. The minimum atomic E-state index is 0.218. The molecule has 0 bridgehead atoms. The maximum Gasteiger partial charge on any atom is 0.155 e. The molecule has 0 saturated heterocycles. The van der Waals surface area contributed by atoms with Crippen LogP contribution in [0.1, 0.15) is 12.7 Å². The Labute approximate surface area is 47.4 Å². The van der Waals surface area contributed by atoms with Gasteiger partial charge in [0.15, 0.2) is 6.10 Å². The molecule has 3 nitrogen and oxygen atoms in total. The van der Waals surface area contributed by atoms with Gasteiger partial charge < -0.3 is 10.1 Å². The minimum absolute atomic E-state index is 0.218. The monoisotopic (exact) mass is 111 g/mol. The third-order valence-electron chi connectivity index (χ3n) is 0.841. The summed E-state index contributed by atoms with van der Waals surface area (Å²) >= 11 is 0. The van der Waals surface area contributed by atoms with Gasteiger partial charge in [0.2, 0.25) is 0 Å². The standard InChI is InChI=1S/C5H7N2O/c1-4(8)5-6-2-3-7-5/h2-3,8H,1H3,(H,6,7). The maximum atomic E-state index is 8.74. The highest BCUT2D eigenvalue weighted by Gasteiger charge is 2.00. The van der Waals surface area contributed by atoms with Crippen molar-refractivity contribution in [3.05, 3.63) is 24.3 Å². The average Bonchev–Trinajstić information content (AvgIpc) is 2.12. The summed E-state index contributed by atoms with van der Waals surface area (Å²) in [6, 6.07) is 0. The number of aliphatic hydroxyl groups is 1. The zero-order valence-electron chi connectivity index (χ0n) is 4.55. The van der Waals surface area contributed by atoms with Gasteiger partial charge in [-0.05, 0) is 6.92 Å². The van der Waals surface area contributed by atoms with Crippen LogP contribution in [0.2, 0.25) is 0 Å². The van der Waals surface area contributed by atoms with Crippen LogP contribution < -0.4 is 0 Å². The molecule has 1 aromatic heterocycles. The minimum Gasteiger partial charge on any atom is -0.379 e. The van der Waals surface area contributed by atoms with Crippen molar-refractivity contribution in [2.75, 3.05) is 0 Å². The summed E-state index contributed by atoms with van der Waals surface area (Å²) in [6.07, 6.45) is 3.47. The molecule has 3 heteroatoms. The Morgan fingerprint density at radius 3 is 2.88 bits per heavy atom. The summed E-state index contributed by atoms with van der Waals surface area (Å²) in [4.78, 5) is 6.51. The van der Waals surface area contributed by atoms with Gasteiger partial charge in [-0.15, -0.1) is 0 Å². The molecule has 0 aliphatic heterocycles. The summed E-state index contributed by atoms with van der Waals surface area (Å²) in [6.45, 7) is 1.58. The number of hydrogen-bond acceptors (Lipinski definition) is 2. The summed E-state index contributed by atoms with van der Waals surface area (Å²) < 4.78 is 0. The first kappa shape index (κ1) is 5.31. The Kier molecular flexibility index (Phi) is 1.30. The van der Waals surface area contributed by atoms with Crippen LogP contribution in [0.25, 0.3) is 0 Å². The summed E-state index contributed by atoms with van der Waals surface area (Å²) in [5, 5.41) is 8.74. The fourth-order valence-electron chi connectivity index (χ4n) is 0.463. The molecule has 0 saturated carbocycles. The Balaban J connectivity index is 2.77. The van der Waals surface area contributed by atoms with E-state index in [2.05, 4.69) is 9.97 Å². The lowest BCUT2D eigenvalue weighted by Crippen LogP contribution is -1.93. The lowest BCUT2D eigenvalue weighted by molar-refractivity contribution is 0.332. The number of rotatable bonds is 1. The highest BCUT2D eigenvalue weighted by Crippen LogP contribution is 2.00. The highest BCUT2D eigenvalue weighted by molar-refractivity contribution is 5.03. The lowest BCUT2D eigenvalue weighted by Gasteiger charge is -1.92. The molecule has 0 amide bonds. The molecular formula is C5H7N2O. The number of nitrogens with one attached hydrogen (secondary N) is 1. The van der Waals surface area contributed by atoms with E-state index in [-0.39, 0.29) is 6.10 Å². The van der Waals surface area contributed by atoms with Gasteiger partial charge in [-0.25, -0.2) is 4.98 Å². The second-order valence-electron chi connectivity index (χ2n) is 1.52. The molecule has 1 radical (unpaired) electrons. The SMILES string of the molecule is C[C](O)c1ncc[nH]1. The van der Waals surface area contributed by atoms with E-state index in [1.165, 1.54) is 0 Å². The number of H-pyrrole nitrogens is 1. The molecule has 0 aliphatic rings. The predicted molar refractivity (Wildman–Crippen MR) is 28.5 cm³/mol. The molecule has 1 rings (SSSR count). The number of aromatic nitrogens is 2. The van der Waals surface area contributed by atoms with Crippen LogP contribution in [0.5, 0.6) is 0 Å². The van der Waals surface area contributed by atoms with E-state index < -0.39 is 0 Å². The quantitative estimate of drug-likeness (QED) is 0.560. The van der Waals surface area contributed by atoms with Crippen molar-refractivity contribution in [3.8, 4) is 0 Å². The van der Waals surface area contributed by atoms with Crippen LogP contribution in [0.4, 0.5) is 0 Å². The zero-order chi connectivity index (χ0) is 5.98. The van der Waals surface area contributed by atoms with E-state index in [0.29, 0.717) is 5.82 Å². The first-order valence-corrected chi connectivity index (χ1v) is 2.33. The second kappa shape index (κ2) is 1.96. The van der Waals surface area contributed by atoms with Crippen molar-refractivity contribution in [2.45, 2.75) is 6.92 Å². The maximum absolute atomic E-state index is 8.74. The largest absolute Gasteiger partial charge is 0.379 e. The van der Waals surface area contributed by atoms with E-state index >= 15 is 0 Å². The molecule has 1 aromatic rings. The topological polar surface area (TPSA) is 48.9 Å². The molecule has 0 spiro atoms. The van der Waals surface area contributed by atoms with E-state index in [0.717, 1.165) is 0 Å². The first-order chi connectivity index (χ1) is 3.80. The van der Waals surface area contributed by atoms with Gasteiger partial charge in [0.05, 0.1) is 0 Å². The van der Waals surface area contributed by atoms with Crippen molar-refractivity contribution in [1.82, 2.24) is 9.97 Å². The van der Waals surface area contributed by atoms with Crippen molar-refractivity contribution in [2.24, 2.45) is 0 Å². The number of hydrogen-bond donors (Lipinski definition) is 2. The van der Waals surface area contributed by atoms with Crippen molar-refractivity contribution in [1.29, 1.82) is 0 Å². The Bertz CT molecular complexity index is 145. The van der Waals surface area contributed by atoms with E-state index in [4.69, 9.17) is 5.11 Å². The van der Waals surface area contributed by atoms with Gasteiger partial charge in [0.25, 0.3) is 0 Å². The first-order valence-electron chi connectivity index (χ1n) is 2.33. The van der Waals surface area contributed by atoms with Crippen LogP contribution in [-0.2, 0) is 0 Å². The van der Waals surface area contributed by atoms with Crippen LogP contribution in [0.15, 0.2) is 12.4 Å². The van der Waals surface area contributed by atoms with Crippen molar-refractivity contribution < 1.29 is 5.11 Å². The van der Waals surface area contributed by atoms with Crippen molar-refractivity contribution >= 4 is 0 Å². The molecule has 0 fully saturated rings. The van der Waals surface area contributed by atoms with Crippen molar-refractivity contribution in [3.63, 3.8) is 0 Å². The van der Waals surface area contributed by atoms with Crippen LogP contribution in [0, 0.1) is 6.10 Å². The average molecular weight is 111 g/mol. The van der Waals surface area contributed by atoms with Crippen LogP contribution in [-0.4, -0.2) is 15.1 Å². The number of imidazole rings is 1. The zero-order valence-corrected chi connectivity index (χ0v) is 4.55. The van der Waals surface area contributed by atoms with Gasteiger partial charge in [0, 0.05) is 12.4 Å². The van der Waals surface area contributed by atoms with Gasteiger partial charge in [-0.2, -0.15) is 0 Å². The molecule has 1 heterocycles. The summed E-state index contributed by atoms with van der Waals surface area (Å²) in [5.41, 5.74) is 0. The third-order valence-corrected chi connectivity index (χ3v) is 0.841. The molecule has 0 atom stereocenters. The van der Waals surface area contributed by atoms with E-state index in [9.17, 15) is 0 Å². The number of aliphatic hydroxyl groups excluding tert-OH is 1. The van der Waals surface area contributed by atoms with Crippen LogP contribution in [0.3, 0.4) is 0 Å². The molecule has 0 aliphatic carbocycles. The van der Waals surface area contributed by atoms with E-state index in [1.807, 2.05) is 0 Å². The Morgan fingerprint density at radius 1 is 1.88 bits per heavy atom. The van der Waals surface area contributed by atoms with Gasteiger partial charge >= 0.3 is 0 Å².